The Balaban J connectivity index is 3.97. The lowest BCUT2D eigenvalue weighted by molar-refractivity contribution is -0.870. The van der Waals surface area contributed by atoms with E-state index in [1.807, 2.05) is 21.1 Å². The van der Waals surface area contributed by atoms with Crippen molar-refractivity contribution in [2.45, 2.75) is 354 Å². The van der Waals surface area contributed by atoms with E-state index in [-0.39, 0.29) is 32.0 Å². The number of esters is 2. The van der Waals surface area contributed by atoms with Gasteiger partial charge in [0.05, 0.1) is 27.7 Å². The molecule has 0 aliphatic carbocycles. The van der Waals surface area contributed by atoms with Gasteiger partial charge in [-0.25, -0.2) is 0 Å². The third kappa shape index (κ3) is 74.0. The number of phosphoric acid groups is 1. The number of likely N-dealkylation sites (N-methyl/N-ethyl adjacent to an activating group) is 1. The van der Waals surface area contributed by atoms with Gasteiger partial charge in [-0.1, -0.05) is 336 Å². The highest BCUT2D eigenvalue weighted by molar-refractivity contribution is 7.45. The van der Waals surface area contributed by atoms with Crippen LogP contribution in [0.1, 0.15) is 348 Å². The lowest BCUT2D eigenvalue weighted by atomic mass is 10.0. The maximum Gasteiger partial charge on any atom is 0.306 e. The second kappa shape index (κ2) is 70.3. The van der Waals surface area contributed by atoms with E-state index in [1.165, 1.54) is 225 Å². The molecule has 0 fully saturated rings. The molecule has 0 aromatic carbocycles. The van der Waals surface area contributed by atoms with Crippen LogP contribution in [0.5, 0.6) is 0 Å². The van der Waals surface area contributed by atoms with Gasteiger partial charge in [-0.3, -0.25) is 14.2 Å². The van der Waals surface area contributed by atoms with Gasteiger partial charge >= 0.3 is 11.9 Å². The highest BCUT2D eigenvalue weighted by Gasteiger charge is 2.22. The number of allylic oxidation sites excluding steroid dienone is 16. The molecule has 0 saturated carbocycles. The smallest absolute Gasteiger partial charge is 0.306 e. The zero-order valence-corrected chi connectivity index (χ0v) is 60.5. The molecule has 0 N–H and O–H groups in total. The van der Waals surface area contributed by atoms with Crippen molar-refractivity contribution in [2.75, 3.05) is 47.5 Å². The van der Waals surface area contributed by atoms with E-state index in [9.17, 15) is 19.0 Å². The summed E-state index contributed by atoms with van der Waals surface area (Å²) >= 11 is 0. The Morgan fingerprint density at radius 2 is 0.633 bits per heavy atom. The van der Waals surface area contributed by atoms with Gasteiger partial charge in [0.1, 0.15) is 19.8 Å². The summed E-state index contributed by atoms with van der Waals surface area (Å²) in [6.07, 6.45) is 98.0. The first-order chi connectivity index (χ1) is 44.0. The summed E-state index contributed by atoms with van der Waals surface area (Å²) in [6.45, 7) is 4.15. The van der Waals surface area contributed by atoms with Crippen LogP contribution < -0.4 is 4.89 Å². The summed E-state index contributed by atoms with van der Waals surface area (Å²) in [6, 6.07) is 0. The van der Waals surface area contributed by atoms with Crippen LogP contribution in [0.4, 0.5) is 0 Å². The summed E-state index contributed by atoms with van der Waals surface area (Å²) in [7, 11) is 1.17. The number of nitrogens with zero attached hydrogens (tertiary/aromatic N) is 1. The summed E-state index contributed by atoms with van der Waals surface area (Å²) in [5.41, 5.74) is 0. The predicted octanol–water partition coefficient (Wildman–Crippen LogP) is 24.4. The average molecular weight is 1280 g/mol. The molecule has 0 aromatic heterocycles. The monoisotopic (exact) mass is 1280 g/mol. The lowest BCUT2D eigenvalue weighted by Crippen LogP contribution is -2.37. The molecular formula is C80H144NO8P. The number of ether oxygens (including phenoxy) is 2. The van der Waals surface area contributed by atoms with Crippen LogP contribution in [0, 0.1) is 0 Å². The summed E-state index contributed by atoms with van der Waals surface area (Å²) in [5, 5.41) is 0. The maximum atomic E-state index is 12.9. The van der Waals surface area contributed by atoms with E-state index >= 15 is 0 Å². The van der Waals surface area contributed by atoms with Crippen molar-refractivity contribution in [3.05, 3.63) is 97.2 Å². The molecule has 0 rings (SSSR count). The van der Waals surface area contributed by atoms with Crippen LogP contribution in [-0.2, 0) is 32.7 Å². The SMILES string of the molecule is CC/C=C\C/C=C\C/C=C\C/C=C\C/C=C\C/C=C\CCCCCCCCCCCCC(=O)OC(COC(=O)CCCCCCCCCCCCCCCCCCCCCCCCCCC/C=C\C/C=C\CCCCCCC)COP(=O)([O-])OCC[N+](C)(C)C. The predicted molar refractivity (Wildman–Crippen MR) is 388 cm³/mol. The van der Waals surface area contributed by atoms with E-state index in [2.05, 4.69) is 111 Å². The Kier molecular flexibility index (Phi) is 67.9. The third-order valence-corrected chi connectivity index (χ3v) is 17.6. The Hall–Kier alpha value is -3.07. The van der Waals surface area contributed by atoms with E-state index in [0.717, 1.165) is 89.9 Å². The van der Waals surface area contributed by atoms with E-state index in [0.29, 0.717) is 17.4 Å². The number of quaternary nitrogens is 1. The van der Waals surface area contributed by atoms with Crippen molar-refractivity contribution in [1.82, 2.24) is 0 Å². The molecule has 0 radical (unpaired) electrons. The molecule has 90 heavy (non-hydrogen) atoms. The molecule has 2 atom stereocenters. The fourth-order valence-electron chi connectivity index (χ4n) is 10.8. The number of phosphoric ester groups is 1. The molecule has 0 amide bonds. The normalized spacial score (nSPS) is 13.6. The molecule has 0 heterocycles. The molecule has 0 saturated heterocycles. The third-order valence-electron chi connectivity index (χ3n) is 16.6. The number of hydrogen-bond donors (Lipinski definition) is 0. The van der Waals surface area contributed by atoms with Gasteiger partial charge in [-0.05, 0) is 96.3 Å². The minimum Gasteiger partial charge on any atom is -0.756 e. The number of carbonyl (C=O) groups excluding carboxylic acids is 2. The van der Waals surface area contributed by atoms with Crippen molar-refractivity contribution in [2.24, 2.45) is 0 Å². The van der Waals surface area contributed by atoms with Crippen molar-refractivity contribution in [3.8, 4) is 0 Å². The van der Waals surface area contributed by atoms with Crippen molar-refractivity contribution >= 4 is 19.8 Å². The maximum absolute atomic E-state index is 12.9. The van der Waals surface area contributed by atoms with E-state index in [4.69, 9.17) is 18.5 Å². The van der Waals surface area contributed by atoms with Crippen molar-refractivity contribution in [1.29, 1.82) is 0 Å². The zero-order valence-electron chi connectivity index (χ0n) is 59.6. The summed E-state index contributed by atoms with van der Waals surface area (Å²) < 4.78 is 34.4. The van der Waals surface area contributed by atoms with Gasteiger partial charge in [-0.2, -0.15) is 0 Å². The van der Waals surface area contributed by atoms with Crippen molar-refractivity contribution < 1.29 is 42.1 Å². The van der Waals surface area contributed by atoms with Crippen LogP contribution in [-0.4, -0.2) is 70.0 Å². The molecule has 10 heteroatoms. The molecule has 0 spiro atoms. The second-order valence-corrected chi connectivity index (χ2v) is 28.0. The molecular weight excluding hydrogens is 1130 g/mol. The highest BCUT2D eigenvalue weighted by atomic mass is 31.2. The Bertz CT molecular complexity index is 1840. The molecule has 0 aromatic rings. The van der Waals surface area contributed by atoms with Crippen LogP contribution in [0.15, 0.2) is 97.2 Å². The Labute approximate surface area is 557 Å². The minimum atomic E-state index is -4.65. The second-order valence-electron chi connectivity index (χ2n) is 26.6. The van der Waals surface area contributed by atoms with Gasteiger partial charge < -0.3 is 27.9 Å². The van der Waals surface area contributed by atoms with Crippen LogP contribution in [0.25, 0.3) is 0 Å². The van der Waals surface area contributed by atoms with Crippen LogP contribution >= 0.6 is 7.82 Å². The quantitative estimate of drug-likeness (QED) is 0.0195. The molecule has 522 valence electrons. The zero-order chi connectivity index (χ0) is 65.5. The first-order valence-electron chi connectivity index (χ1n) is 37.9. The van der Waals surface area contributed by atoms with Gasteiger partial charge in [0, 0.05) is 12.8 Å². The number of carbonyl (C=O) groups is 2. The number of rotatable bonds is 70. The summed E-state index contributed by atoms with van der Waals surface area (Å²) in [5.74, 6) is -0.828. The van der Waals surface area contributed by atoms with Crippen LogP contribution in [0.2, 0.25) is 0 Å². The summed E-state index contributed by atoms with van der Waals surface area (Å²) in [4.78, 5) is 38.1. The first-order valence-corrected chi connectivity index (χ1v) is 39.4. The lowest BCUT2D eigenvalue weighted by Gasteiger charge is -2.28. The fraction of sp³-hybridized carbons (Fsp3) is 0.775. The topological polar surface area (TPSA) is 111 Å². The fourth-order valence-corrected chi connectivity index (χ4v) is 11.5. The minimum absolute atomic E-state index is 0.0338. The van der Waals surface area contributed by atoms with E-state index < -0.39 is 26.5 Å². The number of unbranched alkanes of at least 4 members (excludes halogenated alkanes) is 40. The number of hydrogen-bond acceptors (Lipinski definition) is 8. The van der Waals surface area contributed by atoms with Gasteiger partial charge in [0.2, 0.25) is 0 Å². The average Bonchev–Trinajstić information content (AvgIpc) is 3.58. The standard InChI is InChI=1S/C80H144NO8P/c1-6-8-10-12-14-16-18-20-22-24-26-28-30-32-34-36-37-38-39-40-41-42-43-45-46-48-50-52-54-56-58-60-62-64-66-68-70-72-79(82)86-76-78(77-88-90(84,85)87-75-74-81(3,4)5)89-80(83)73-71-69-67-65-63-61-59-57-55-53-51-49-47-44-35-33-31-29-27-25-23-21-19-17-15-13-11-9-7-2/h9,11,15,17-18,20-21,23-24,26-27,29,33,35,47,49,78H,6-8,10,12-14,16,19,22,25,28,30-32,34,36-46,48,50-77H2,1-5H3/b11-9-,17-15-,20-18-,23-21-,26-24-,29-27-,35-33-,49-47-. The Morgan fingerprint density at radius 3 is 0.944 bits per heavy atom. The van der Waals surface area contributed by atoms with Crippen molar-refractivity contribution in [3.63, 3.8) is 0 Å². The van der Waals surface area contributed by atoms with Gasteiger partial charge in [-0.15, -0.1) is 0 Å². The molecule has 2 unspecified atom stereocenters. The van der Waals surface area contributed by atoms with Crippen LogP contribution in [0.3, 0.4) is 0 Å². The molecule has 0 aliphatic heterocycles. The molecule has 0 bridgehead atoms. The first kappa shape index (κ1) is 86.9. The molecule has 0 aliphatic rings. The Morgan fingerprint density at radius 1 is 0.356 bits per heavy atom. The van der Waals surface area contributed by atoms with Gasteiger partial charge in [0.25, 0.3) is 7.82 Å². The van der Waals surface area contributed by atoms with E-state index in [1.54, 1.807) is 0 Å². The largest absolute Gasteiger partial charge is 0.756 e. The van der Waals surface area contributed by atoms with Gasteiger partial charge in [0.15, 0.2) is 6.10 Å². The molecule has 9 nitrogen and oxygen atoms in total. The highest BCUT2D eigenvalue weighted by Crippen LogP contribution is 2.38.